The first-order valence-electron chi connectivity index (χ1n) is 13.4. The lowest BCUT2D eigenvalue weighted by Gasteiger charge is -2.48. The van der Waals surface area contributed by atoms with Gasteiger partial charge in [0.1, 0.15) is 12.3 Å². The first-order valence-corrected chi connectivity index (χ1v) is 14.8. The Labute approximate surface area is 222 Å². The van der Waals surface area contributed by atoms with E-state index in [9.17, 15) is 18.5 Å². The molecule has 5 atom stereocenters. The van der Waals surface area contributed by atoms with Crippen LogP contribution in [0.5, 0.6) is 0 Å². The average Bonchev–Trinajstić information content (AvgIpc) is 3.41. The number of hydrazine groups is 1. The van der Waals surface area contributed by atoms with Crippen LogP contribution in [0.1, 0.15) is 37.7 Å². The van der Waals surface area contributed by atoms with Gasteiger partial charge >= 0.3 is 0 Å². The molecule has 1 amide bonds. The number of carbonyl (C=O) groups is 1. The van der Waals surface area contributed by atoms with Gasteiger partial charge in [-0.05, 0) is 62.5 Å². The molecule has 38 heavy (non-hydrogen) atoms. The van der Waals surface area contributed by atoms with Gasteiger partial charge in [-0.3, -0.25) is 4.79 Å². The van der Waals surface area contributed by atoms with Crippen molar-refractivity contribution in [1.82, 2.24) is 25.4 Å². The molecule has 11 nitrogen and oxygen atoms in total. The molecule has 0 aliphatic carbocycles. The Kier molecular flexibility index (Phi) is 6.82. The normalized spacial score (nSPS) is 35.7. The molecule has 0 aromatic heterocycles. The molecule has 4 N–H and O–H groups in total. The van der Waals surface area contributed by atoms with Crippen LogP contribution in [-0.4, -0.2) is 86.4 Å². The van der Waals surface area contributed by atoms with Gasteiger partial charge in [0, 0.05) is 37.5 Å². The summed E-state index contributed by atoms with van der Waals surface area (Å²) in [6, 6.07) is 7.04. The van der Waals surface area contributed by atoms with Crippen LogP contribution in [0.3, 0.4) is 0 Å². The molecule has 0 saturated carbocycles. The minimum absolute atomic E-state index is 0.0220. The second-order valence-corrected chi connectivity index (χ2v) is 12.7. The van der Waals surface area contributed by atoms with Crippen molar-refractivity contribution in [2.45, 2.75) is 73.5 Å². The molecule has 5 aliphatic heterocycles. The van der Waals surface area contributed by atoms with Crippen molar-refractivity contribution in [3.63, 3.8) is 0 Å². The number of nitrogens with one attached hydrogen (secondary N) is 4. The van der Waals surface area contributed by atoms with Gasteiger partial charge in [-0.1, -0.05) is 0 Å². The van der Waals surface area contributed by atoms with Gasteiger partial charge in [0.15, 0.2) is 0 Å². The molecule has 0 radical (unpaired) electrons. The maximum atomic E-state index is 15.4. The number of ether oxygens (including phenoxy) is 1. The first kappa shape index (κ1) is 25.9. The van der Waals surface area contributed by atoms with Crippen molar-refractivity contribution < 1.29 is 22.3 Å². The molecule has 1 aromatic rings. The maximum Gasteiger partial charge on any atom is 0.243 e. The van der Waals surface area contributed by atoms with Crippen LogP contribution in [0.2, 0.25) is 0 Å². The van der Waals surface area contributed by atoms with Gasteiger partial charge in [0.05, 0.1) is 35.4 Å². The second-order valence-electron chi connectivity index (χ2n) is 10.9. The number of hydrogen-bond donors (Lipinski definition) is 4. The number of nitrogens with zero attached hydrogens (tertiary/aromatic N) is 3. The third kappa shape index (κ3) is 4.18. The number of hydrogen-bond acceptors (Lipinski definition) is 9. The minimum atomic E-state index is -3.56. The van der Waals surface area contributed by atoms with E-state index < -0.39 is 33.8 Å². The molecule has 0 spiro atoms. The number of nitriles is 1. The molecule has 5 heterocycles. The molecule has 206 valence electrons. The Morgan fingerprint density at radius 1 is 1.24 bits per heavy atom. The van der Waals surface area contributed by atoms with E-state index in [1.54, 1.807) is 16.4 Å². The lowest BCUT2D eigenvalue weighted by molar-refractivity contribution is -0.133. The minimum Gasteiger partial charge on any atom is -0.378 e. The summed E-state index contributed by atoms with van der Waals surface area (Å²) >= 11 is 0. The summed E-state index contributed by atoms with van der Waals surface area (Å²) in [5, 5.41) is 21.0. The SMILES string of the molecule is N#CC[C@@]1(N2NC(Nc3ccc4c(c3)CN(C3CCNCC3)S4(=O)=O)C3C(=O)NCCC32)CCOC[C@@H]1F. The van der Waals surface area contributed by atoms with E-state index in [4.69, 9.17) is 4.74 Å². The summed E-state index contributed by atoms with van der Waals surface area (Å²) in [4.78, 5) is 13.4. The number of anilines is 1. The predicted octanol–water partition coefficient (Wildman–Crippen LogP) is 0.417. The maximum absolute atomic E-state index is 15.4. The van der Waals surface area contributed by atoms with E-state index in [-0.39, 0.29) is 31.0 Å². The first-order chi connectivity index (χ1) is 18.3. The third-order valence-electron chi connectivity index (χ3n) is 8.83. The third-order valence-corrected chi connectivity index (χ3v) is 10.8. The summed E-state index contributed by atoms with van der Waals surface area (Å²) in [5.74, 6) is -0.651. The van der Waals surface area contributed by atoms with Crippen LogP contribution < -0.4 is 21.4 Å². The Morgan fingerprint density at radius 3 is 2.82 bits per heavy atom. The van der Waals surface area contributed by atoms with E-state index in [1.165, 1.54) is 0 Å². The second kappa shape index (κ2) is 10.0. The molecule has 1 aromatic carbocycles. The Bertz CT molecular complexity index is 1240. The standard InChI is InChI=1S/C25H34FN7O4S/c26-21-15-37-12-7-25(21,6-8-27)33-19-5-11-29-24(34)22(19)23(31-33)30-17-1-2-20-16(13-17)14-32(38(20,35)36)18-3-9-28-10-4-18/h1-2,13,18-19,21-23,28,30-31H,3-7,9-12,14-15H2,(H,29,34)/t19?,21-,22?,23?,25+/m0/s1. The van der Waals surface area contributed by atoms with Crippen molar-refractivity contribution in [3.05, 3.63) is 23.8 Å². The van der Waals surface area contributed by atoms with Gasteiger partial charge in [0.2, 0.25) is 15.9 Å². The highest BCUT2D eigenvalue weighted by Gasteiger charge is 2.58. The zero-order valence-electron chi connectivity index (χ0n) is 21.2. The van der Waals surface area contributed by atoms with Crippen LogP contribution >= 0.6 is 0 Å². The molecule has 4 fully saturated rings. The van der Waals surface area contributed by atoms with E-state index in [2.05, 4.69) is 27.4 Å². The largest absolute Gasteiger partial charge is 0.378 e. The Balaban J connectivity index is 1.27. The number of rotatable bonds is 5. The van der Waals surface area contributed by atoms with E-state index >= 15 is 4.39 Å². The number of piperidine rings is 2. The van der Waals surface area contributed by atoms with Gasteiger partial charge < -0.3 is 20.7 Å². The lowest BCUT2D eigenvalue weighted by atomic mass is 9.81. The van der Waals surface area contributed by atoms with Crippen molar-refractivity contribution in [3.8, 4) is 6.07 Å². The van der Waals surface area contributed by atoms with Crippen LogP contribution in [0, 0.1) is 17.2 Å². The van der Waals surface area contributed by atoms with Crippen molar-refractivity contribution >= 4 is 21.6 Å². The lowest BCUT2D eigenvalue weighted by Crippen LogP contribution is -2.65. The molecule has 3 unspecified atom stereocenters. The highest BCUT2D eigenvalue weighted by atomic mass is 32.2. The highest BCUT2D eigenvalue weighted by Crippen LogP contribution is 2.42. The fourth-order valence-corrected chi connectivity index (χ4v) is 8.71. The predicted molar refractivity (Wildman–Crippen MR) is 136 cm³/mol. The van der Waals surface area contributed by atoms with Gasteiger partial charge in [0.25, 0.3) is 0 Å². The van der Waals surface area contributed by atoms with Crippen molar-refractivity contribution in [2.75, 3.05) is 38.2 Å². The van der Waals surface area contributed by atoms with Gasteiger partial charge in [-0.25, -0.2) is 23.2 Å². The summed E-state index contributed by atoms with van der Waals surface area (Å²) in [6.45, 7) is 2.65. The monoisotopic (exact) mass is 547 g/mol. The van der Waals surface area contributed by atoms with Crippen LogP contribution in [0.25, 0.3) is 0 Å². The molecular formula is C25H34FN7O4S. The number of benzene rings is 1. The van der Waals surface area contributed by atoms with Gasteiger partial charge in [-0.2, -0.15) is 9.57 Å². The van der Waals surface area contributed by atoms with Crippen molar-refractivity contribution in [1.29, 1.82) is 5.26 Å². The number of fused-ring (bicyclic) bond motifs is 2. The smallest absolute Gasteiger partial charge is 0.243 e. The summed E-state index contributed by atoms with van der Waals surface area (Å²) in [6.07, 6.45) is 0.574. The summed E-state index contributed by atoms with van der Waals surface area (Å²) in [5.41, 5.74) is 3.67. The zero-order chi connectivity index (χ0) is 26.5. The topological polar surface area (TPSA) is 139 Å². The Hall–Kier alpha value is -2.34. The highest BCUT2D eigenvalue weighted by molar-refractivity contribution is 7.89. The number of halogens is 1. The average molecular weight is 548 g/mol. The fraction of sp³-hybridized carbons (Fsp3) is 0.680. The molecule has 4 saturated heterocycles. The van der Waals surface area contributed by atoms with E-state index in [0.717, 1.165) is 31.5 Å². The summed E-state index contributed by atoms with van der Waals surface area (Å²) in [7, 11) is -3.56. The summed E-state index contributed by atoms with van der Waals surface area (Å²) < 4.78 is 48.9. The molecule has 0 bridgehead atoms. The number of amides is 1. The van der Waals surface area contributed by atoms with E-state index in [0.29, 0.717) is 43.1 Å². The number of alkyl halides is 1. The van der Waals surface area contributed by atoms with Crippen LogP contribution in [-0.2, 0) is 26.1 Å². The Morgan fingerprint density at radius 2 is 2.05 bits per heavy atom. The van der Waals surface area contributed by atoms with Crippen molar-refractivity contribution in [2.24, 2.45) is 5.92 Å². The van der Waals surface area contributed by atoms with E-state index in [1.807, 2.05) is 11.1 Å². The van der Waals surface area contributed by atoms with Crippen LogP contribution in [0.15, 0.2) is 23.1 Å². The molecular weight excluding hydrogens is 513 g/mol. The quantitative estimate of drug-likeness (QED) is 0.413. The number of sulfonamides is 1. The fourth-order valence-electron chi connectivity index (χ4n) is 6.85. The number of carbonyl (C=O) groups excluding carboxylic acids is 1. The van der Waals surface area contributed by atoms with Crippen LogP contribution in [0.4, 0.5) is 10.1 Å². The molecule has 5 aliphatic rings. The molecule has 6 rings (SSSR count). The van der Waals surface area contributed by atoms with Gasteiger partial charge in [-0.15, -0.1) is 0 Å². The zero-order valence-corrected chi connectivity index (χ0v) is 22.0. The molecule has 13 heteroatoms.